The topological polar surface area (TPSA) is 135 Å². The van der Waals surface area contributed by atoms with Crippen molar-refractivity contribution in [1.82, 2.24) is 21.7 Å². The van der Waals surface area contributed by atoms with Gasteiger partial charge in [0.15, 0.2) is 13.2 Å². The van der Waals surface area contributed by atoms with E-state index in [2.05, 4.69) is 53.6 Å². The summed E-state index contributed by atoms with van der Waals surface area (Å²) in [5.74, 6) is -0.865. The highest BCUT2D eigenvalue weighted by atomic mass is 79.9. The minimum Gasteiger partial charge on any atom is -0.483 e. The number of halogens is 2. The molecule has 4 amide bonds. The number of ether oxygens (including phenoxy) is 2. The fourth-order valence-corrected chi connectivity index (χ4v) is 3.67. The number of rotatable bonds is 10. The number of nitrogens with one attached hydrogen (secondary N) is 4. The molecule has 0 fully saturated rings. The van der Waals surface area contributed by atoms with E-state index in [0.717, 1.165) is 20.1 Å². The first-order valence-corrected chi connectivity index (χ1v) is 12.2. The molecule has 0 aliphatic carbocycles. The Morgan fingerprint density at radius 2 is 1.03 bits per heavy atom. The van der Waals surface area contributed by atoms with Crippen LogP contribution in [0, 0.1) is 13.8 Å². The van der Waals surface area contributed by atoms with E-state index in [1.165, 1.54) is 0 Å². The fourth-order valence-electron chi connectivity index (χ4n) is 2.72. The van der Waals surface area contributed by atoms with Crippen LogP contribution in [0.25, 0.3) is 0 Å². The smallest absolute Gasteiger partial charge is 0.276 e. The van der Waals surface area contributed by atoms with Crippen LogP contribution in [0.5, 0.6) is 11.5 Å². The molecule has 0 saturated carbocycles. The number of carbonyl (C=O) groups is 4. The molecule has 188 valence electrons. The normalized spacial score (nSPS) is 10.2. The van der Waals surface area contributed by atoms with Crippen molar-refractivity contribution < 1.29 is 28.7 Å². The maximum absolute atomic E-state index is 11.8. The molecular formula is C23H26Br2N4O6. The van der Waals surface area contributed by atoms with Gasteiger partial charge < -0.3 is 9.47 Å². The first-order valence-electron chi connectivity index (χ1n) is 10.6. The van der Waals surface area contributed by atoms with E-state index in [1.54, 1.807) is 24.3 Å². The molecule has 0 spiro atoms. The molecule has 2 aromatic rings. The van der Waals surface area contributed by atoms with Gasteiger partial charge in [-0.1, -0.05) is 31.9 Å². The number of hydrogen-bond acceptors (Lipinski definition) is 6. The number of hydrazine groups is 2. The predicted octanol–water partition coefficient (Wildman–Crippen LogP) is 2.75. The van der Waals surface area contributed by atoms with Crippen molar-refractivity contribution in [2.75, 3.05) is 13.2 Å². The average Bonchev–Trinajstić information content (AvgIpc) is 2.80. The largest absolute Gasteiger partial charge is 0.483 e. The summed E-state index contributed by atoms with van der Waals surface area (Å²) in [5, 5.41) is 0. The zero-order chi connectivity index (χ0) is 25.8. The molecular weight excluding hydrogens is 588 g/mol. The minimum atomic E-state index is -0.526. The lowest BCUT2D eigenvalue weighted by Gasteiger charge is -2.11. The molecule has 35 heavy (non-hydrogen) atoms. The van der Waals surface area contributed by atoms with Crippen LogP contribution in [0.1, 0.15) is 30.4 Å². The quantitative estimate of drug-likeness (QED) is 0.304. The van der Waals surface area contributed by atoms with Crippen molar-refractivity contribution in [1.29, 1.82) is 0 Å². The number of benzene rings is 2. The third-order valence-corrected chi connectivity index (χ3v) is 5.47. The molecule has 0 aromatic heterocycles. The van der Waals surface area contributed by atoms with Crippen molar-refractivity contribution in [2.24, 2.45) is 0 Å². The SMILES string of the molecule is Cc1cc(Br)ccc1OCC(=O)NNC(=O)CCCC(=O)NNC(=O)COc1ccc(Br)cc1C. The number of aryl methyl sites for hydroxylation is 2. The molecule has 0 bridgehead atoms. The fraction of sp³-hybridized carbons (Fsp3) is 0.304. The van der Waals surface area contributed by atoms with Gasteiger partial charge in [-0.3, -0.25) is 40.9 Å². The highest BCUT2D eigenvalue weighted by Crippen LogP contribution is 2.22. The molecule has 0 saturated heterocycles. The lowest BCUT2D eigenvalue weighted by molar-refractivity contribution is -0.131. The molecule has 0 aliphatic heterocycles. The van der Waals surface area contributed by atoms with E-state index >= 15 is 0 Å². The Morgan fingerprint density at radius 3 is 1.40 bits per heavy atom. The first-order chi connectivity index (χ1) is 16.6. The van der Waals surface area contributed by atoms with Gasteiger partial charge in [-0.05, 0) is 67.8 Å². The monoisotopic (exact) mass is 612 g/mol. The Balaban J connectivity index is 1.55. The van der Waals surface area contributed by atoms with Crippen LogP contribution < -0.4 is 31.2 Å². The molecule has 10 nitrogen and oxygen atoms in total. The summed E-state index contributed by atoms with van der Waals surface area (Å²) in [4.78, 5) is 47.3. The minimum absolute atomic E-state index is 0.000276. The average molecular weight is 614 g/mol. The van der Waals surface area contributed by atoms with Crippen LogP contribution >= 0.6 is 31.9 Å². The number of amides is 4. The van der Waals surface area contributed by atoms with Crippen LogP contribution in [0.3, 0.4) is 0 Å². The molecule has 4 N–H and O–H groups in total. The Bertz CT molecular complexity index is 996. The number of carbonyl (C=O) groups excluding carboxylic acids is 4. The van der Waals surface area contributed by atoms with Crippen molar-refractivity contribution in [3.05, 3.63) is 56.5 Å². The third-order valence-electron chi connectivity index (χ3n) is 4.48. The summed E-state index contributed by atoms with van der Waals surface area (Å²) in [6, 6.07) is 10.8. The van der Waals surface area contributed by atoms with E-state index in [9.17, 15) is 19.2 Å². The van der Waals surface area contributed by atoms with Crippen LogP contribution in [-0.4, -0.2) is 36.8 Å². The molecule has 2 rings (SSSR count). The molecule has 12 heteroatoms. The lowest BCUT2D eigenvalue weighted by Crippen LogP contribution is -2.44. The van der Waals surface area contributed by atoms with Gasteiger partial charge in [-0.25, -0.2) is 0 Å². The second kappa shape index (κ2) is 14.3. The van der Waals surface area contributed by atoms with Gasteiger partial charge in [-0.2, -0.15) is 0 Å². The highest BCUT2D eigenvalue weighted by molar-refractivity contribution is 9.10. The third kappa shape index (κ3) is 10.8. The number of hydrogen-bond donors (Lipinski definition) is 4. The van der Waals surface area contributed by atoms with Gasteiger partial charge in [0.1, 0.15) is 11.5 Å². The second-order valence-electron chi connectivity index (χ2n) is 7.44. The van der Waals surface area contributed by atoms with Crippen LogP contribution in [0.15, 0.2) is 45.3 Å². The molecule has 0 radical (unpaired) electrons. The van der Waals surface area contributed by atoms with Gasteiger partial charge >= 0.3 is 0 Å². The van der Waals surface area contributed by atoms with E-state index in [4.69, 9.17) is 9.47 Å². The van der Waals surface area contributed by atoms with Crippen LogP contribution in [-0.2, 0) is 19.2 Å². The van der Waals surface area contributed by atoms with Gasteiger partial charge in [0.05, 0.1) is 0 Å². The highest BCUT2D eigenvalue weighted by Gasteiger charge is 2.10. The molecule has 2 aromatic carbocycles. The van der Waals surface area contributed by atoms with Crippen LogP contribution in [0.2, 0.25) is 0 Å². The van der Waals surface area contributed by atoms with Crippen molar-refractivity contribution in [3.63, 3.8) is 0 Å². The lowest BCUT2D eigenvalue weighted by atomic mass is 10.2. The summed E-state index contributed by atoms with van der Waals surface area (Å²) in [5.41, 5.74) is 10.7. The van der Waals surface area contributed by atoms with Gasteiger partial charge in [0, 0.05) is 21.8 Å². The Labute approximate surface area is 219 Å². The van der Waals surface area contributed by atoms with Crippen molar-refractivity contribution >= 4 is 55.5 Å². The van der Waals surface area contributed by atoms with Crippen LogP contribution in [0.4, 0.5) is 0 Å². The molecule has 0 heterocycles. The zero-order valence-electron chi connectivity index (χ0n) is 19.2. The van der Waals surface area contributed by atoms with E-state index in [0.29, 0.717) is 11.5 Å². The Kier molecular flexibility index (Phi) is 11.5. The standard InChI is InChI=1S/C23H26Br2N4O6/c1-14-10-16(24)6-8-18(14)34-12-22(32)28-26-20(30)4-3-5-21(31)27-29-23(33)13-35-19-9-7-17(25)11-15(19)2/h6-11H,3-5,12-13H2,1-2H3,(H,26,30)(H,27,31)(H,28,32)(H,29,33). The molecule has 0 aliphatic rings. The van der Waals surface area contributed by atoms with Gasteiger partial charge in [0.2, 0.25) is 11.8 Å². The van der Waals surface area contributed by atoms with Gasteiger partial charge in [0.25, 0.3) is 11.8 Å². The summed E-state index contributed by atoms with van der Waals surface area (Å²) in [6.07, 6.45) is 0.215. The molecule has 0 atom stereocenters. The van der Waals surface area contributed by atoms with E-state index in [1.807, 2.05) is 26.0 Å². The summed E-state index contributed by atoms with van der Waals surface area (Å²) in [6.45, 7) is 3.16. The maximum atomic E-state index is 11.8. The predicted molar refractivity (Wildman–Crippen MR) is 135 cm³/mol. The Morgan fingerprint density at radius 1 is 0.657 bits per heavy atom. The summed E-state index contributed by atoms with van der Waals surface area (Å²) >= 11 is 6.70. The van der Waals surface area contributed by atoms with Gasteiger partial charge in [-0.15, -0.1) is 0 Å². The molecule has 0 unspecified atom stereocenters. The maximum Gasteiger partial charge on any atom is 0.276 e. The van der Waals surface area contributed by atoms with E-state index in [-0.39, 0.29) is 32.5 Å². The van der Waals surface area contributed by atoms with E-state index < -0.39 is 23.6 Å². The summed E-state index contributed by atoms with van der Waals surface area (Å²) < 4.78 is 12.6. The summed E-state index contributed by atoms with van der Waals surface area (Å²) in [7, 11) is 0. The second-order valence-corrected chi connectivity index (χ2v) is 9.27. The zero-order valence-corrected chi connectivity index (χ0v) is 22.4. The Hall–Kier alpha value is -3.12. The van der Waals surface area contributed by atoms with Crippen molar-refractivity contribution in [3.8, 4) is 11.5 Å². The van der Waals surface area contributed by atoms with Crippen molar-refractivity contribution in [2.45, 2.75) is 33.1 Å². The first kappa shape index (κ1) is 28.1.